The molecule has 3 rings (SSSR count). The molecule has 1 N–H and O–H groups in total. The third-order valence-corrected chi connectivity index (χ3v) is 4.69. The van der Waals surface area contributed by atoms with Crippen molar-refractivity contribution >= 4 is 44.4 Å². The van der Waals surface area contributed by atoms with Crippen LogP contribution in [0.4, 0.5) is 0 Å². The van der Waals surface area contributed by atoms with Crippen molar-refractivity contribution in [2.24, 2.45) is 0 Å². The van der Waals surface area contributed by atoms with Gasteiger partial charge in [0, 0.05) is 4.47 Å². The van der Waals surface area contributed by atoms with E-state index in [1.54, 1.807) is 28.8 Å². The van der Waals surface area contributed by atoms with Gasteiger partial charge in [-0.15, -0.1) is 0 Å². The summed E-state index contributed by atoms with van der Waals surface area (Å²) in [5, 5.41) is 11.1. The van der Waals surface area contributed by atoms with Gasteiger partial charge < -0.3 is 14.4 Å². The fraction of sp³-hybridized carbons (Fsp3) is 0.0625. The van der Waals surface area contributed by atoms with Crippen LogP contribution in [-0.4, -0.2) is 22.8 Å². The number of rotatable bonds is 2. The maximum Gasteiger partial charge on any atom is 0.339 e. The predicted molar refractivity (Wildman–Crippen MR) is 89.0 cm³/mol. The minimum Gasteiger partial charge on any atom is -0.506 e. The number of methoxy groups -OCH3 is 1. The maximum absolute atomic E-state index is 11.9. The Kier molecular flexibility index (Phi) is 3.85. The van der Waals surface area contributed by atoms with Crippen molar-refractivity contribution in [1.82, 2.24) is 4.57 Å². The summed E-state index contributed by atoms with van der Waals surface area (Å²) in [5.41, 5.74) is 1.71. The second-order valence-corrected chi connectivity index (χ2v) is 5.88. The minimum atomic E-state index is -0.444. The lowest BCUT2D eigenvalue weighted by Crippen LogP contribution is -2.07. The van der Waals surface area contributed by atoms with Gasteiger partial charge in [-0.2, -0.15) is 0 Å². The number of ether oxygens (including phenoxy) is 1. The van der Waals surface area contributed by atoms with E-state index in [1.165, 1.54) is 13.3 Å². The number of carbonyl (C=O) groups excluding carboxylic acids is 1. The molecule has 22 heavy (non-hydrogen) atoms. The van der Waals surface area contributed by atoms with Crippen molar-refractivity contribution < 1.29 is 14.6 Å². The highest BCUT2D eigenvalue weighted by Crippen LogP contribution is 2.39. The number of hydrogen-bond acceptors (Lipinski definition) is 3. The van der Waals surface area contributed by atoms with Crippen LogP contribution < -0.4 is 0 Å². The number of esters is 1. The number of halogens is 2. The molecule has 2 aromatic carbocycles. The van der Waals surface area contributed by atoms with Crippen molar-refractivity contribution in [3.05, 3.63) is 57.7 Å². The standard InChI is InChI=1S/C16H11BrClNO3/c1-22-16(21)9-4-2-3-5-11(9)19-8-13(20)14-12(19)7-6-10(17)15(14)18/h2-8,20H,1H3. The van der Waals surface area contributed by atoms with Crippen molar-refractivity contribution in [3.63, 3.8) is 0 Å². The quantitative estimate of drug-likeness (QED) is 0.664. The highest BCUT2D eigenvalue weighted by Gasteiger charge is 2.18. The molecule has 0 aliphatic heterocycles. The average Bonchev–Trinajstić information content (AvgIpc) is 2.87. The van der Waals surface area contributed by atoms with Crippen LogP contribution in [0.15, 0.2) is 47.1 Å². The molecule has 1 aromatic heterocycles. The molecule has 3 aromatic rings. The first kappa shape index (κ1) is 14.9. The first-order valence-electron chi connectivity index (χ1n) is 6.40. The molecular formula is C16H11BrClNO3. The Labute approximate surface area is 140 Å². The Morgan fingerprint density at radius 1 is 1.27 bits per heavy atom. The lowest BCUT2D eigenvalue weighted by Gasteiger charge is -2.10. The fourth-order valence-electron chi connectivity index (χ4n) is 2.41. The lowest BCUT2D eigenvalue weighted by atomic mass is 10.1. The smallest absolute Gasteiger partial charge is 0.339 e. The number of carbonyl (C=O) groups is 1. The molecule has 0 bridgehead atoms. The highest BCUT2D eigenvalue weighted by atomic mass is 79.9. The van der Waals surface area contributed by atoms with E-state index in [0.717, 1.165) is 0 Å². The van der Waals surface area contributed by atoms with Gasteiger partial charge in [0.05, 0.1) is 40.5 Å². The van der Waals surface area contributed by atoms with Crippen LogP contribution >= 0.6 is 27.5 Å². The number of para-hydroxylation sites is 1. The van der Waals surface area contributed by atoms with Gasteiger partial charge in [0.15, 0.2) is 0 Å². The van der Waals surface area contributed by atoms with E-state index in [9.17, 15) is 9.90 Å². The van der Waals surface area contributed by atoms with Gasteiger partial charge in [-0.05, 0) is 40.2 Å². The summed E-state index contributed by atoms with van der Waals surface area (Å²) in [7, 11) is 1.33. The van der Waals surface area contributed by atoms with E-state index in [1.807, 2.05) is 12.1 Å². The summed E-state index contributed by atoms with van der Waals surface area (Å²) in [4.78, 5) is 11.9. The van der Waals surface area contributed by atoms with Gasteiger partial charge in [0.2, 0.25) is 0 Å². The van der Waals surface area contributed by atoms with Crippen LogP contribution in [0.5, 0.6) is 5.75 Å². The number of benzene rings is 2. The molecule has 0 fully saturated rings. The van der Waals surface area contributed by atoms with Crippen LogP contribution in [0.2, 0.25) is 5.02 Å². The van der Waals surface area contributed by atoms with Crippen molar-refractivity contribution in [2.45, 2.75) is 0 Å². The molecule has 0 spiro atoms. The molecule has 0 aliphatic rings. The average molecular weight is 381 g/mol. The van der Waals surface area contributed by atoms with Gasteiger partial charge in [0.25, 0.3) is 0 Å². The molecular weight excluding hydrogens is 370 g/mol. The largest absolute Gasteiger partial charge is 0.506 e. The zero-order valence-corrected chi connectivity index (χ0v) is 13.9. The van der Waals surface area contributed by atoms with E-state index in [0.29, 0.717) is 31.6 Å². The highest BCUT2D eigenvalue weighted by molar-refractivity contribution is 9.10. The van der Waals surface area contributed by atoms with E-state index in [2.05, 4.69) is 15.9 Å². The first-order valence-corrected chi connectivity index (χ1v) is 7.57. The van der Waals surface area contributed by atoms with Gasteiger partial charge in [-0.1, -0.05) is 23.7 Å². The second kappa shape index (κ2) is 5.66. The number of hydrogen-bond donors (Lipinski definition) is 1. The van der Waals surface area contributed by atoms with Gasteiger partial charge in [-0.25, -0.2) is 4.79 Å². The molecule has 6 heteroatoms. The molecule has 4 nitrogen and oxygen atoms in total. The topological polar surface area (TPSA) is 51.5 Å². The zero-order valence-electron chi connectivity index (χ0n) is 11.5. The van der Waals surface area contributed by atoms with E-state index >= 15 is 0 Å². The normalized spacial score (nSPS) is 10.9. The molecule has 0 unspecified atom stereocenters. The van der Waals surface area contributed by atoms with Crippen molar-refractivity contribution in [3.8, 4) is 11.4 Å². The number of nitrogens with zero attached hydrogens (tertiary/aromatic N) is 1. The summed E-state index contributed by atoms with van der Waals surface area (Å²) in [6.45, 7) is 0. The number of fused-ring (bicyclic) bond motifs is 1. The van der Waals surface area contributed by atoms with Crippen LogP contribution in [0.1, 0.15) is 10.4 Å². The molecule has 112 valence electrons. The van der Waals surface area contributed by atoms with Crippen molar-refractivity contribution in [2.75, 3.05) is 7.11 Å². The molecule has 0 amide bonds. The minimum absolute atomic E-state index is 0.0426. The first-order chi connectivity index (χ1) is 10.5. The Bertz CT molecular complexity index is 888. The van der Waals surface area contributed by atoms with Crippen LogP contribution in [0, 0.1) is 0 Å². The SMILES string of the molecule is COC(=O)c1ccccc1-n1cc(O)c2c(Cl)c(Br)ccc21. The maximum atomic E-state index is 11.9. The van der Waals surface area contributed by atoms with Crippen LogP contribution in [0.3, 0.4) is 0 Å². The predicted octanol–water partition coefficient (Wildman–Crippen LogP) is 4.54. The number of aromatic hydroxyl groups is 1. The van der Waals surface area contributed by atoms with E-state index in [-0.39, 0.29) is 5.75 Å². The summed E-state index contributed by atoms with van der Waals surface area (Å²) >= 11 is 9.59. The molecule has 0 atom stereocenters. The lowest BCUT2D eigenvalue weighted by molar-refractivity contribution is 0.0601. The molecule has 1 heterocycles. The van der Waals surface area contributed by atoms with Gasteiger partial charge >= 0.3 is 5.97 Å². The molecule has 0 saturated heterocycles. The summed E-state index contributed by atoms with van der Waals surface area (Å²) in [6, 6.07) is 10.6. The van der Waals surface area contributed by atoms with Gasteiger partial charge in [0.1, 0.15) is 5.75 Å². The summed E-state index contributed by atoms with van der Waals surface area (Å²) in [5.74, 6) is -0.402. The molecule has 0 aliphatic carbocycles. The number of aromatic nitrogens is 1. The third-order valence-electron chi connectivity index (χ3n) is 3.41. The van der Waals surface area contributed by atoms with E-state index < -0.39 is 5.97 Å². The van der Waals surface area contributed by atoms with Crippen LogP contribution in [0.25, 0.3) is 16.6 Å². The van der Waals surface area contributed by atoms with Crippen LogP contribution in [-0.2, 0) is 4.74 Å². The zero-order chi connectivity index (χ0) is 15.9. The third kappa shape index (κ3) is 2.26. The second-order valence-electron chi connectivity index (χ2n) is 4.65. The van der Waals surface area contributed by atoms with Crippen molar-refractivity contribution in [1.29, 1.82) is 0 Å². The molecule has 0 radical (unpaired) electrons. The Balaban J connectivity index is 2.33. The Morgan fingerprint density at radius 3 is 2.73 bits per heavy atom. The summed E-state index contributed by atoms with van der Waals surface area (Å²) in [6.07, 6.45) is 1.53. The molecule has 0 saturated carbocycles. The van der Waals surface area contributed by atoms with Gasteiger partial charge in [-0.3, -0.25) is 0 Å². The van der Waals surface area contributed by atoms with E-state index in [4.69, 9.17) is 16.3 Å². The summed E-state index contributed by atoms with van der Waals surface area (Å²) < 4.78 is 7.22. The Morgan fingerprint density at radius 2 is 2.00 bits per heavy atom. The monoisotopic (exact) mass is 379 g/mol. The Hall–Kier alpha value is -1.98. The fourth-order valence-corrected chi connectivity index (χ4v) is 2.99.